The Hall–Kier alpha value is -1.84. The molecule has 0 saturated heterocycles. The number of hydrogen-bond donors (Lipinski definition) is 0. The summed E-state index contributed by atoms with van der Waals surface area (Å²) in [5.74, 6) is -0.928. The number of esters is 2. The molecule has 1 aliphatic rings. The van der Waals surface area contributed by atoms with Crippen molar-refractivity contribution in [2.45, 2.75) is 46.0 Å². The Kier molecular flexibility index (Phi) is 8.17. The molecule has 0 N–H and O–H groups in total. The largest absolute Gasteiger partial charge is 0.462 e. The van der Waals surface area contributed by atoms with Crippen molar-refractivity contribution >= 4 is 11.9 Å². The highest BCUT2D eigenvalue weighted by atomic mass is 16.5. The molecule has 0 atom stereocenters. The van der Waals surface area contributed by atoms with Gasteiger partial charge in [0.2, 0.25) is 0 Å². The zero-order chi connectivity index (χ0) is 15.5. The van der Waals surface area contributed by atoms with Crippen molar-refractivity contribution in [3.8, 4) is 0 Å². The van der Waals surface area contributed by atoms with Crippen LogP contribution in [0.2, 0.25) is 0 Å². The van der Waals surface area contributed by atoms with Crippen LogP contribution in [0, 0.1) is 0 Å². The zero-order valence-corrected chi connectivity index (χ0v) is 12.9. The van der Waals surface area contributed by atoms with Crippen LogP contribution < -0.4 is 0 Å². The summed E-state index contributed by atoms with van der Waals surface area (Å²) in [4.78, 5) is 24.2. The van der Waals surface area contributed by atoms with E-state index in [2.05, 4.69) is 0 Å². The quantitative estimate of drug-likeness (QED) is 0.507. The molecule has 0 spiro atoms. The van der Waals surface area contributed by atoms with Gasteiger partial charge in [0.15, 0.2) is 0 Å². The Morgan fingerprint density at radius 3 is 1.71 bits per heavy atom. The molecule has 21 heavy (non-hydrogen) atoms. The van der Waals surface area contributed by atoms with E-state index in [-0.39, 0.29) is 11.1 Å². The number of ether oxygens (including phenoxy) is 2. The third kappa shape index (κ3) is 5.98. The number of allylic oxidation sites excluding steroid dienone is 2. The van der Waals surface area contributed by atoms with Crippen LogP contribution in [-0.2, 0) is 19.1 Å². The minimum absolute atomic E-state index is 0.279. The van der Waals surface area contributed by atoms with E-state index in [1.165, 1.54) is 0 Å². The zero-order valence-electron chi connectivity index (χ0n) is 12.9. The molecular formula is C17H24O4. The van der Waals surface area contributed by atoms with Crippen LogP contribution in [0.15, 0.2) is 35.5 Å². The molecule has 0 saturated carbocycles. The smallest absolute Gasteiger partial charge is 0.338 e. The van der Waals surface area contributed by atoms with Crippen LogP contribution in [0.5, 0.6) is 0 Å². The van der Waals surface area contributed by atoms with Crippen LogP contribution in [-0.4, -0.2) is 25.2 Å². The molecule has 1 aliphatic carbocycles. The maximum Gasteiger partial charge on any atom is 0.338 e. The van der Waals surface area contributed by atoms with E-state index >= 15 is 0 Å². The predicted molar refractivity (Wildman–Crippen MR) is 81.7 cm³/mol. The van der Waals surface area contributed by atoms with Gasteiger partial charge in [-0.1, -0.05) is 51.0 Å². The van der Waals surface area contributed by atoms with Crippen LogP contribution >= 0.6 is 0 Å². The van der Waals surface area contributed by atoms with E-state index in [1.807, 2.05) is 26.0 Å². The molecule has 4 heteroatoms. The minimum atomic E-state index is -0.464. The van der Waals surface area contributed by atoms with Crippen molar-refractivity contribution in [2.24, 2.45) is 0 Å². The van der Waals surface area contributed by atoms with Gasteiger partial charge in [-0.05, 0) is 19.3 Å². The Labute approximate surface area is 126 Å². The van der Waals surface area contributed by atoms with Gasteiger partial charge in [0.25, 0.3) is 0 Å². The standard InChI is InChI=1S/C17H24O4/c1-3-5-12-20-16(18)14-10-8-7-9-11-15(14)17(19)21-13-6-4-2/h8-11H,3-7,12-13H2,1-2H3. The monoisotopic (exact) mass is 292 g/mol. The highest BCUT2D eigenvalue weighted by molar-refractivity contribution is 6.04. The average Bonchev–Trinajstić information content (AvgIpc) is 2.73. The molecule has 0 aromatic rings. The van der Waals surface area contributed by atoms with Gasteiger partial charge in [-0.25, -0.2) is 9.59 Å². The topological polar surface area (TPSA) is 52.6 Å². The van der Waals surface area contributed by atoms with Crippen molar-refractivity contribution in [3.63, 3.8) is 0 Å². The maximum atomic E-state index is 12.1. The first-order valence-electron chi connectivity index (χ1n) is 7.62. The van der Waals surface area contributed by atoms with Crippen LogP contribution in [0.4, 0.5) is 0 Å². The fourth-order valence-electron chi connectivity index (χ4n) is 1.76. The molecular weight excluding hydrogens is 268 g/mol. The van der Waals surface area contributed by atoms with E-state index in [1.54, 1.807) is 12.2 Å². The molecule has 0 aliphatic heterocycles. The van der Waals surface area contributed by atoms with Crippen LogP contribution in [0.1, 0.15) is 46.0 Å². The summed E-state index contributed by atoms with van der Waals surface area (Å²) >= 11 is 0. The molecule has 116 valence electrons. The maximum absolute atomic E-state index is 12.1. The second-order valence-electron chi connectivity index (χ2n) is 4.85. The van der Waals surface area contributed by atoms with Crippen molar-refractivity contribution in [2.75, 3.05) is 13.2 Å². The molecule has 0 radical (unpaired) electrons. The number of rotatable bonds is 8. The molecule has 0 aromatic carbocycles. The number of carbonyl (C=O) groups excluding carboxylic acids is 2. The van der Waals surface area contributed by atoms with Crippen molar-refractivity contribution in [1.29, 1.82) is 0 Å². The molecule has 0 aromatic heterocycles. The molecule has 0 unspecified atom stereocenters. The lowest BCUT2D eigenvalue weighted by molar-refractivity contribution is -0.141. The summed E-state index contributed by atoms with van der Waals surface area (Å²) in [6.45, 7) is 4.79. The van der Waals surface area contributed by atoms with Crippen LogP contribution in [0.25, 0.3) is 0 Å². The minimum Gasteiger partial charge on any atom is -0.462 e. The van der Waals surface area contributed by atoms with E-state index in [9.17, 15) is 9.59 Å². The van der Waals surface area contributed by atoms with Gasteiger partial charge in [0.1, 0.15) is 0 Å². The highest BCUT2D eigenvalue weighted by Crippen LogP contribution is 2.17. The Balaban J connectivity index is 2.81. The normalized spacial score (nSPS) is 14.0. The van der Waals surface area contributed by atoms with E-state index < -0.39 is 11.9 Å². The first-order chi connectivity index (χ1) is 10.2. The van der Waals surface area contributed by atoms with E-state index in [0.29, 0.717) is 19.6 Å². The summed E-state index contributed by atoms with van der Waals surface area (Å²) in [6.07, 6.45) is 11.2. The fraction of sp³-hybridized carbons (Fsp3) is 0.529. The lowest BCUT2D eigenvalue weighted by Crippen LogP contribution is -2.15. The van der Waals surface area contributed by atoms with Crippen molar-refractivity contribution in [3.05, 3.63) is 35.5 Å². The SMILES string of the molecule is CCCCOC(=O)C1=C(C(=O)OCCCC)C=CCC=C1. The van der Waals surface area contributed by atoms with E-state index in [0.717, 1.165) is 25.7 Å². The Bertz CT molecular complexity index is 404. The lowest BCUT2D eigenvalue weighted by atomic mass is 10.1. The van der Waals surface area contributed by atoms with Gasteiger partial charge < -0.3 is 9.47 Å². The summed E-state index contributed by atoms with van der Waals surface area (Å²) in [7, 11) is 0. The molecule has 1 rings (SSSR count). The van der Waals surface area contributed by atoms with Crippen molar-refractivity contribution < 1.29 is 19.1 Å². The predicted octanol–water partition coefficient (Wildman–Crippen LogP) is 3.49. The van der Waals surface area contributed by atoms with Gasteiger partial charge in [0, 0.05) is 0 Å². The van der Waals surface area contributed by atoms with Gasteiger partial charge >= 0.3 is 11.9 Å². The number of hydrogen-bond acceptors (Lipinski definition) is 4. The summed E-state index contributed by atoms with van der Waals surface area (Å²) in [5, 5.41) is 0. The molecule has 4 nitrogen and oxygen atoms in total. The highest BCUT2D eigenvalue weighted by Gasteiger charge is 2.20. The molecule has 0 amide bonds. The summed E-state index contributed by atoms with van der Waals surface area (Å²) < 4.78 is 10.4. The first-order valence-corrected chi connectivity index (χ1v) is 7.62. The lowest BCUT2D eigenvalue weighted by Gasteiger charge is -2.09. The van der Waals surface area contributed by atoms with Gasteiger partial charge in [0.05, 0.1) is 24.4 Å². The Morgan fingerprint density at radius 2 is 1.33 bits per heavy atom. The summed E-state index contributed by atoms with van der Waals surface area (Å²) in [5.41, 5.74) is 0.558. The van der Waals surface area contributed by atoms with Gasteiger partial charge in [-0.15, -0.1) is 0 Å². The first kappa shape index (κ1) is 17.2. The van der Waals surface area contributed by atoms with Crippen LogP contribution in [0.3, 0.4) is 0 Å². The van der Waals surface area contributed by atoms with Crippen molar-refractivity contribution in [1.82, 2.24) is 0 Å². The Morgan fingerprint density at radius 1 is 0.905 bits per heavy atom. The number of carbonyl (C=O) groups is 2. The van der Waals surface area contributed by atoms with E-state index in [4.69, 9.17) is 9.47 Å². The molecule has 0 heterocycles. The van der Waals surface area contributed by atoms with Gasteiger partial charge in [-0.3, -0.25) is 0 Å². The number of unbranched alkanes of at least 4 members (excludes halogenated alkanes) is 2. The second-order valence-corrected chi connectivity index (χ2v) is 4.85. The third-order valence-corrected chi connectivity index (χ3v) is 3.03. The fourth-order valence-corrected chi connectivity index (χ4v) is 1.76. The second kappa shape index (κ2) is 9.97. The van der Waals surface area contributed by atoms with Gasteiger partial charge in [-0.2, -0.15) is 0 Å². The average molecular weight is 292 g/mol. The molecule has 0 fully saturated rings. The summed E-state index contributed by atoms with van der Waals surface area (Å²) in [6, 6.07) is 0. The molecule has 0 bridgehead atoms. The third-order valence-electron chi connectivity index (χ3n) is 3.03.